The van der Waals surface area contributed by atoms with Gasteiger partial charge in [0.2, 0.25) is 0 Å². The summed E-state index contributed by atoms with van der Waals surface area (Å²) in [4.78, 5) is 10.6. The van der Waals surface area contributed by atoms with Crippen molar-refractivity contribution in [2.24, 2.45) is 0 Å². The quantitative estimate of drug-likeness (QED) is 0.430. The van der Waals surface area contributed by atoms with E-state index in [-0.39, 0.29) is 12.1 Å². The second-order valence-electron chi connectivity index (χ2n) is 2.46. The summed E-state index contributed by atoms with van der Waals surface area (Å²) in [5.74, 6) is -0.0468. The number of allylic oxidation sites excluding steroid dienone is 1. The van der Waals surface area contributed by atoms with E-state index in [0.29, 0.717) is 6.42 Å². The molecule has 2 nitrogen and oxygen atoms in total. The zero-order valence-electron chi connectivity index (χ0n) is 6.17. The molecule has 0 aromatic heterocycles. The second-order valence-corrected chi connectivity index (χ2v) is 2.46. The molecule has 1 heterocycles. The van der Waals surface area contributed by atoms with Crippen LogP contribution in [0.15, 0.2) is 12.2 Å². The minimum atomic E-state index is -0.0468. The summed E-state index contributed by atoms with van der Waals surface area (Å²) in [6.07, 6.45) is 6.53. The lowest BCUT2D eigenvalue weighted by Crippen LogP contribution is -2.04. The largest absolute Gasteiger partial charge is 0.462 e. The van der Waals surface area contributed by atoms with Gasteiger partial charge in [-0.05, 0) is 13.3 Å². The Morgan fingerprint density at radius 1 is 1.80 bits per heavy atom. The van der Waals surface area contributed by atoms with Crippen LogP contribution < -0.4 is 0 Å². The summed E-state index contributed by atoms with van der Waals surface area (Å²) in [6.45, 7) is 1.97. The average molecular weight is 140 g/mol. The Balaban J connectivity index is 2.24. The van der Waals surface area contributed by atoms with Crippen molar-refractivity contribution in [2.75, 3.05) is 0 Å². The van der Waals surface area contributed by atoms with E-state index >= 15 is 0 Å². The molecule has 1 atom stereocenters. The van der Waals surface area contributed by atoms with Crippen molar-refractivity contribution in [3.05, 3.63) is 12.2 Å². The van der Waals surface area contributed by atoms with Gasteiger partial charge in [0.25, 0.3) is 0 Å². The number of hydrogen-bond acceptors (Lipinski definition) is 2. The summed E-state index contributed by atoms with van der Waals surface area (Å²) < 4.78 is 4.97. The SMILES string of the molecule is C/C=C/C[C@H]1CCC(=O)O1. The van der Waals surface area contributed by atoms with E-state index in [1.54, 1.807) is 0 Å². The lowest BCUT2D eigenvalue weighted by molar-refractivity contribution is -0.141. The van der Waals surface area contributed by atoms with Crippen molar-refractivity contribution in [3.8, 4) is 0 Å². The van der Waals surface area contributed by atoms with Crippen molar-refractivity contribution >= 4 is 5.97 Å². The van der Waals surface area contributed by atoms with Gasteiger partial charge in [-0.3, -0.25) is 4.79 Å². The predicted molar refractivity (Wildman–Crippen MR) is 38.5 cm³/mol. The first kappa shape index (κ1) is 7.32. The fourth-order valence-corrected chi connectivity index (χ4v) is 1.04. The smallest absolute Gasteiger partial charge is 0.306 e. The number of carbonyl (C=O) groups is 1. The Bertz CT molecular complexity index is 149. The van der Waals surface area contributed by atoms with E-state index in [1.165, 1.54) is 0 Å². The van der Waals surface area contributed by atoms with E-state index in [4.69, 9.17) is 4.74 Å². The van der Waals surface area contributed by atoms with Crippen molar-refractivity contribution in [2.45, 2.75) is 32.3 Å². The highest BCUT2D eigenvalue weighted by Crippen LogP contribution is 2.16. The van der Waals surface area contributed by atoms with Gasteiger partial charge in [-0.1, -0.05) is 12.2 Å². The molecule has 0 aromatic carbocycles. The molecule has 1 saturated heterocycles. The molecular weight excluding hydrogens is 128 g/mol. The molecule has 1 rings (SSSR count). The van der Waals surface area contributed by atoms with E-state index in [1.807, 2.05) is 19.1 Å². The Kier molecular flexibility index (Phi) is 2.49. The van der Waals surface area contributed by atoms with Crippen LogP contribution in [0, 0.1) is 0 Å². The Labute approximate surface area is 60.9 Å². The standard InChI is InChI=1S/C8H12O2/c1-2-3-4-7-5-6-8(9)10-7/h2-3,7H,4-6H2,1H3/b3-2+/t7-/m0/s1. The summed E-state index contributed by atoms with van der Waals surface area (Å²) >= 11 is 0. The van der Waals surface area contributed by atoms with Crippen LogP contribution in [0.25, 0.3) is 0 Å². The molecular formula is C8H12O2. The zero-order valence-corrected chi connectivity index (χ0v) is 6.17. The molecule has 1 fully saturated rings. The Morgan fingerprint density at radius 2 is 2.60 bits per heavy atom. The van der Waals surface area contributed by atoms with E-state index < -0.39 is 0 Å². The van der Waals surface area contributed by atoms with Crippen molar-refractivity contribution in [1.29, 1.82) is 0 Å². The van der Waals surface area contributed by atoms with Gasteiger partial charge >= 0.3 is 5.97 Å². The molecule has 56 valence electrons. The first-order valence-electron chi connectivity index (χ1n) is 3.63. The maximum atomic E-state index is 10.6. The van der Waals surface area contributed by atoms with Gasteiger partial charge in [0, 0.05) is 12.8 Å². The highest BCUT2D eigenvalue weighted by Gasteiger charge is 2.21. The van der Waals surface area contributed by atoms with E-state index in [2.05, 4.69) is 0 Å². The maximum absolute atomic E-state index is 10.6. The fourth-order valence-electron chi connectivity index (χ4n) is 1.04. The average Bonchev–Trinajstić information content (AvgIpc) is 2.31. The maximum Gasteiger partial charge on any atom is 0.306 e. The third-order valence-electron chi connectivity index (χ3n) is 1.60. The number of ether oxygens (including phenoxy) is 1. The van der Waals surface area contributed by atoms with Gasteiger partial charge in [-0.15, -0.1) is 0 Å². The molecule has 0 bridgehead atoms. The predicted octanol–water partition coefficient (Wildman–Crippen LogP) is 1.66. The number of cyclic esters (lactones) is 1. The van der Waals surface area contributed by atoms with Crippen LogP contribution in [0.2, 0.25) is 0 Å². The van der Waals surface area contributed by atoms with Crippen LogP contribution in [-0.4, -0.2) is 12.1 Å². The molecule has 0 radical (unpaired) electrons. The molecule has 1 aliphatic heterocycles. The van der Waals surface area contributed by atoms with Crippen molar-refractivity contribution in [3.63, 3.8) is 0 Å². The van der Waals surface area contributed by atoms with Gasteiger partial charge in [-0.25, -0.2) is 0 Å². The Hall–Kier alpha value is -0.790. The van der Waals surface area contributed by atoms with Gasteiger partial charge < -0.3 is 4.74 Å². The third-order valence-corrected chi connectivity index (χ3v) is 1.60. The lowest BCUT2D eigenvalue weighted by Gasteiger charge is -2.03. The normalized spacial score (nSPS) is 25.7. The molecule has 0 N–H and O–H groups in total. The summed E-state index contributed by atoms with van der Waals surface area (Å²) in [5.41, 5.74) is 0. The highest BCUT2D eigenvalue weighted by molar-refractivity contribution is 5.71. The molecule has 0 unspecified atom stereocenters. The van der Waals surface area contributed by atoms with Gasteiger partial charge in [0.15, 0.2) is 0 Å². The molecule has 0 spiro atoms. The first-order chi connectivity index (χ1) is 4.83. The summed E-state index contributed by atoms with van der Waals surface area (Å²) in [7, 11) is 0. The molecule has 2 heteroatoms. The van der Waals surface area contributed by atoms with Crippen LogP contribution in [0.4, 0.5) is 0 Å². The van der Waals surface area contributed by atoms with Gasteiger partial charge in [-0.2, -0.15) is 0 Å². The van der Waals surface area contributed by atoms with Crippen molar-refractivity contribution in [1.82, 2.24) is 0 Å². The molecule has 0 saturated carbocycles. The topological polar surface area (TPSA) is 26.3 Å². The summed E-state index contributed by atoms with van der Waals surface area (Å²) in [5, 5.41) is 0. The van der Waals surface area contributed by atoms with Crippen LogP contribution >= 0.6 is 0 Å². The second kappa shape index (κ2) is 3.40. The highest BCUT2D eigenvalue weighted by atomic mass is 16.5. The lowest BCUT2D eigenvalue weighted by atomic mass is 10.2. The number of hydrogen-bond donors (Lipinski definition) is 0. The number of esters is 1. The third kappa shape index (κ3) is 1.87. The number of rotatable bonds is 2. The van der Waals surface area contributed by atoms with Crippen LogP contribution in [-0.2, 0) is 9.53 Å². The Morgan fingerprint density at radius 3 is 3.10 bits per heavy atom. The first-order valence-corrected chi connectivity index (χ1v) is 3.63. The van der Waals surface area contributed by atoms with E-state index in [9.17, 15) is 4.79 Å². The van der Waals surface area contributed by atoms with Crippen LogP contribution in [0.3, 0.4) is 0 Å². The minimum absolute atomic E-state index is 0.0468. The van der Waals surface area contributed by atoms with Gasteiger partial charge in [0.05, 0.1) is 0 Å². The molecule has 0 aliphatic carbocycles. The van der Waals surface area contributed by atoms with Crippen molar-refractivity contribution < 1.29 is 9.53 Å². The molecule has 0 aromatic rings. The van der Waals surface area contributed by atoms with Crippen LogP contribution in [0.5, 0.6) is 0 Å². The molecule has 10 heavy (non-hydrogen) atoms. The molecule has 0 amide bonds. The van der Waals surface area contributed by atoms with Gasteiger partial charge in [0.1, 0.15) is 6.10 Å². The monoisotopic (exact) mass is 140 g/mol. The molecule has 1 aliphatic rings. The summed E-state index contributed by atoms with van der Waals surface area (Å²) in [6, 6.07) is 0. The van der Waals surface area contributed by atoms with E-state index in [0.717, 1.165) is 12.8 Å². The van der Waals surface area contributed by atoms with Crippen LogP contribution in [0.1, 0.15) is 26.2 Å². The fraction of sp³-hybridized carbons (Fsp3) is 0.625. The number of carbonyl (C=O) groups excluding carboxylic acids is 1. The minimum Gasteiger partial charge on any atom is -0.462 e. The zero-order chi connectivity index (χ0) is 7.40.